The van der Waals surface area contributed by atoms with Crippen molar-refractivity contribution in [2.45, 2.75) is 0 Å². The minimum atomic E-state index is -0.682. The number of nitrogens with one attached hydrogen (secondary N) is 3. The van der Waals surface area contributed by atoms with E-state index in [9.17, 15) is 19.3 Å². The Balaban J connectivity index is 1.79. The van der Waals surface area contributed by atoms with Crippen molar-refractivity contribution in [3.8, 4) is 5.75 Å². The maximum atomic E-state index is 13.0. The highest BCUT2D eigenvalue weighted by atomic mass is 19.1. The van der Waals surface area contributed by atoms with Crippen LogP contribution in [0.2, 0.25) is 0 Å². The zero-order valence-electron chi connectivity index (χ0n) is 15.0. The Hall–Kier alpha value is -4.28. The van der Waals surface area contributed by atoms with Crippen molar-refractivity contribution >= 4 is 28.9 Å². The van der Waals surface area contributed by atoms with Gasteiger partial charge < -0.3 is 10.1 Å². The quantitative estimate of drug-likeness (QED) is 0.409. The van der Waals surface area contributed by atoms with Crippen molar-refractivity contribution in [1.29, 1.82) is 0 Å². The van der Waals surface area contributed by atoms with Crippen LogP contribution in [0.15, 0.2) is 54.9 Å². The molecule has 0 spiro atoms. The first kappa shape index (κ1) is 19.5. The molecule has 0 radical (unpaired) electrons. The van der Waals surface area contributed by atoms with Crippen LogP contribution in [-0.4, -0.2) is 27.9 Å². The van der Waals surface area contributed by atoms with Gasteiger partial charge in [0.1, 0.15) is 17.9 Å². The van der Waals surface area contributed by atoms with Gasteiger partial charge in [-0.1, -0.05) is 0 Å². The molecule has 0 aliphatic carbocycles. The van der Waals surface area contributed by atoms with Crippen LogP contribution in [0, 0.1) is 15.9 Å². The second-order valence-corrected chi connectivity index (χ2v) is 5.62. The third kappa shape index (κ3) is 4.71. The fourth-order valence-electron chi connectivity index (χ4n) is 2.34. The number of hydrogen-bond donors (Lipinski definition) is 3. The fourth-order valence-corrected chi connectivity index (χ4v) is 2.34. The summed E-state index contributed by atoms with van der Waals surface area (Å²) in [5.74, 6) is -0.790. The van der Waals surface area contributed by atoms with Gasteiger partial charge in [0.15, 0.2) is 0 Å². The smallest absolute Gasteiger partial charge is 0.355 e. The molecule has 1 heterocycles. The molecule has 0 unspecified atom stereocenters. The Labute approximate surface area is 163 Å². The molecule has 0 atom stereocenters. The first-order valence-electron chi connectivity index (χ1n) is 8.20. The lowest BCUT2D eigenvalue weighted by Crippen LogP contribution is -2.30. The van der Waals surface area contributed by atoms with Crippen molar-refractivity contribution in [2.75, 3.05) is 17.9 Å². The van der Waals surface area contributed by atoms with Crippen molar-refractivity contribution in [3.63, 3.8) is 0 Å². The van der Waals surface area contributed by atoms with Gasteiger partial charge >= 0.3 is 5.69 Å². The van der Waals surface area contributed by atoms with Gasteiger partial charge in [0.2, 0.25) is 11.6 Å². The van der Waals surface area contributed by atoms with Gasteiger partial charge in [0, 0.05) is 11.3 Å². The van der Waals surface area contributed by atoms with Crippen molar-refractivity contribution in [3.05, 3.63) is 76.4 Å². The number of rotatable bonds is 7. The zero-order chi connectivity index (χ0) is 20.8. The molecule has 0 fully saturated rings. The number of halogens is 1. The molecule has 0 aliphatic heterocycles. The highest BCUT2D eigenvalue weighted by Gasteiger charge is 2.23. The number of aromatic nitrogens is 2. The molecule has 148 valence electrons. The molecule has 1 aromatic heterocycles. The molecule has 3 N–H and O–H groups in total. The van der Waals surface area contributed by atoms with E-state index in [0.29, 0.717) is 11.4 Å². The lowest BCUT2D eigenvalue weighted by atomic mass is 10.2. The molecule has 1 amide bonds. The summed E-state index contributed by atoms with van der Waals surface area (Å²) in [6, 6.07) is 11.5. The summed E-state index contributed by atoms with van der Waals surface area (Å²) in [6.07, 6.45) is 1.10. The molecule has 29 heavy (non-hydrogen) atoms. The Morgan fingerprint density at radius 3 is 2.34 bits per heavy atom. The molecular weight excluding hydrogens is 383 g/mol. The summed E-state index contributed by atoms with van der Waals surface area (Å²) in [7, 11) is 1.52. The largest absolute Gasteiger partial charge is 0.497 e. The van der Waals surface area contributed by atoms with Gasteiger partial charge in [-0.2, -0.15) is 0 Å². The molecule has 11 heteroatoms. The third-order valence-electron chi connectivity index (χ3n) is 3.76. The van der Waals surface area contributed by atoms with Crippen LogP contribution < -0.4 is 20.9 Å². The summed E-state index contributed by atoms with van der Waals surface area (Å²) < 4.78 is 18.0. The molecule has 10 nitrogen and oxygen atoms in total. The van der Waals surface area contributed by atoms with E-state index in [1.165, 1.54) is 19.2 Å². The first-order chi connectivity index (χ1) is 14.0. The van der Waals surface area contributed by atoms with Crippen LogP contribution in [0.5, 0.6) is 5.75 Å². The monoisotopic (exact) mass is 398 g/mol. The van der Waals surface area contributed by atoms with Crippen LogP contribution in [0.25, 0.3) is 0 Å². The topological polar surface area (TPSA) is 131 Å². The van der Waals surface area contributed by atoms with E-state index in [1.807, 2.05) is 0 Å². The number of methoxy groups -OCH3 is 1. The summed E-state index contributed by atoms with van der Waals surface area (Å²) >= 11 is 0. The van der Waals surface area contributed by atoms with E-state index in [1.54, 1.807) is 24.3 Å². The van der Waals surface area contributed by atoms with E-state index in [2.05, 4.69) is 26.1 Å². The van der Waals surface area contributed by atoms with Crippen LogP contribution >= 0.6 is 0 Å². The summed E-state index contributed by atoms with van der Waals surface area (Å²) in [6.45, 7) is 0. The Bertz CT molecular complexity index is 1030. The minimum absolute atomic E-state index is 0.0753. The molecular formula is C18H15FN6O4. The predicted octanol–water partition coefficient (Wildman–Crippen LogP) is 3.03. The minimum Gasteiger partial charge on any atom is -0.497 e. The zero-order valence-corrected chi connectivity index (χ0v) is 15.0. The number of nitro groups is 1. The van der Waals surface area contributed by atoms with E-state index in [-0.39, 0.29) is 17.2 Å². The van der Waals surface area contributed by atoms with Gasteiger partial charge in [-0.15, -0.1) is 0 Å². The Morgan fingerprint density at radius 1 is 1.07 bits per heavy atom. The SMILES string of the molecule is COc1ccc(Nc2ncnc(NNC(=O)c3ccc(F)cc3)c2[N+](=O)[O-])cc1. The number of ether oxygens (including phenoxy) is 1. The van der Waals surface area contributed by atoms with Crippen molar-refractivity contribution < 1.29 is 18.8 Å². The van der Waals surface area contributed by atoms with Crippen molar-refractivity contribution in [1.82, 2.24) is 15.4 Å². The second kappa shape index (κ2) is 8.61. The molecule has 0 aliphatic rings. The van der Waals surface area contributed by atoms with Crippen LogP contribution in [0.4, 0.5) is 27.4 Å². The standard InChI is InChI=1S/C18H15FN6O4/c1-29-14-8-6-13(7-9-14)22-16-15(25(27)28)17(21-10-20-16)23-24-18(26)11-2-4-12(19)5-3-11/h2-10H,1H3,(H,24,26)(H2,20,21,22,23). The number of benzene rings is 2. The van der Waals surface area contributed by atoms with E-state index in [4.69, 9.17) is 4.74 Å². The van der Waals surface area contributed by atoms with E-state index >= 15 is 0 Å². The van der Waals surface area contributed by atoms with Gasteiger partial charge in [0.25, 0.3) is 5.91 Å². The highest BCUT2D eigenvalue weighted by molar-refractivity contribution is 5.95. The van der Waals surface area contributed by atoms with Gasteiger partial charge in [0.05, 0.1) is 12.0 Å². The number of carbonyl (C=O) groups excluding carboxylic acids is 1. The average Bonchev–Trinajstić information content (AvgIpc) is 2.73. The maximum absolute atomic E-state index is 13.0. The normalized spacial score (nSPS) is 10.1. The molecule has 2 aromatic carbocycles. The predicted molar refractivity (Wildman–Crippen MR) is 102 cm³/mol. The highest BCUT2D eigenvalue weighted by Crippen LogP contribution is 2.31. The van der Waals surface area contributed by atoms with Gasteiger partial charge in [-0.25, -0.2) is 14.4 Å². The number of anilines is 3. The van der Waals surface area contributed by atoms with Gasteiger partial charge in [-0.05, 0) is 48.5 Å². The first-order valence-corrected chi connectivity index (χ1v) is 8.20. The van der Waals surface area contributed by atoms with Crippen LogP contribution in [-0.2, 0) is 0 Å². The fraction of sp³-hybridized carbons (Fsp3) is 0.0556. The summed E-state index contributed by atoms with van der Waals surface area (Å²) in [5.41, 5.74) is 4.92. The Kier molecular flexibility index (Phi) is 5.78. The number of carbonyl (C=O) groups is 1. The van der Waals surface area contributed by atoms with Crippen LogP contribution in [0.1, 0.15) is 10.4 Å². The number of hydrazine groups is 1. The second-order valence-electron chi connectivity index (χ2n) is 5.62. The lowest BCUT2D eigenvalue weighted by molar-refractivity contribution is -0.383. The lowest BCUT2D eigenvalue weighted by Gasteiger charge is -2.11. The van der Waals surface area contributed by atoms with Gasteiger partial charge in [-0.3, -0.25) is 25.8 Å². The number of hydrogen-bond acceptors (Lipinski definition) is 8. The molecule has 0 saturated heterocycles. The molecule has 3 aromatic rings. The molecule has 3 rings (SSSR count). The molecule has 0 saturated carbocycles. The number of nitrogens with zero attached hydrogens (tertiary/aromatic N) is 3. The molecule has 0 bridgehead atoms. The maximum Gasteiger partial charge on any atom is 0.355 e. The van der Waals surface area contributed by atoms with E-state index < -0.39 is 22.3 Å². The third-order valence-corrected chi connectivity index (χ3v) is 3.76. The Morgan fingerprint density at radius 2 is 1.72 bits per heavy atom. The average molecular weight is 398 g/mol. The number of amides is 1. The van der Waals surface area contributed by atoms with Crippen LogP contribution in [0.3, 0.4) is 0 Å². The summed E-state index contributed by atoms with van der Waals surface area (Å²) in [4.78, 5) is 30.7. The van der Waals surface area contributed by atoms with E-state index in [0.717, 1.165) is 18.5 Å². The summed E-state index contributed by atoms with van der Waals surface area (Å²) in [5, 5.41) is 14.4. The van der Waals surface area contributed by atoms with Crippen molar-refractivity contribution in [2.24, 2.45) is 0 Å².